The highest BCUT2D eigenvalue weighted by Crippen LogP contribution is 2.26. The molecule has 2 aromatic heterocycles. The molecule has 10 heteroatoms. The highest BCUT2D eigenvalue weighted by Gasteiger charge is 2.20. The number of nitrogens with one attached hydrogen (secondary N) is 1. The third-order valence-electron chi connectivity index (χ3n) is 3.54. The van der Waals surface area contributed by atoms with Gasteiger partial charge in [-0.25, -0.2) is 9.18 Å². The Morgan fingerprint density at radius 2 is 2.15 bits per heavy atom. The number of carboxylic acid groups (broad SMARTS) is 1. The zero-order chi connectivity index (χ0) is 19.6. The number of aromatic nitrogens is 2. The zero-order valence-corrected chi connectivity index (χ0v) is 14.7. The summed E-state index contributed by atoms with van der Waals surface area (Å²) < 4.78 is 25.0. The molecule has 140 valence electrons. The Balaban J connectivity index is 1.66. The van der Waals surface area contributed by atoms with Crippen LogP contribution in [-0.4, -0.2) is 26.8 Å². The summed E-state index contributed by atoms with van der Waals surface area (Å²) in [5, 5.41) is 15.5. The second-order valence-electron chi connectivity index (χ2n) is 5.42. The van der Waals surface area contributed by atoms with Crippen LogP contribution in [0.3, 0.4) is 0 Å². The molecule has 1 aromatic carbocycles. The molecule has 2 N–H and O–H groups in total. The lowest BCUT2D eigenvalue weighted by atomic mass is 10.3. The molecular formula is C17H13ClFN3O5. The van der Waals surface area contributed by atoms with Gasteiger partial charge in [0.05, 0.1) is 16.9 Å². The number of rotatable bonds is 6. The standard InChI is InChI=1S/C17H13ClFN3O5/c1-22-15(17(24)25)12(7-20-22)21-16(23)14-5-3-10(27-14)8-26-13-4-2-9(19)6-11(13)18/h2-7H,8H2,1H3,(H,21,23)(H,24,25). The van der Waals surface area contributed by atoms with Crippen LogP contribution >= 0.6 is 11.6 Å². The van der Waals surface area contributed by atoms with Crippen molar-refractivity contribution in [1.29, 1.82) is 0 Å². The van der Waals surface area contributed by atoms with Crippen molar-refractivity contribution in [3.05, 3.63) is 64.6 Å². The van der Waals surface area contributed by atoms with Gasteiger partial charge in [0, 0.05) is 7.05 Å². The Morgan fingerprint density at radius 3 is 2.85 bits per heavy atom. The van der Waals surface area contributed by atoms with Crippen LogP contribution < -0.4 is 10.1 Å². The van der Waals surface area contributed by atoms with Crippen LogP contribution in [0.4, 0.5) is 10.1 Å². The maximum Gasteiger partial charge on any atom is 0.356 e. The number of aromatic carboxylic acids is 1. The van der Waals surface area contributed by atoms with Gasteiger partial charge in [-0.15, -0.1) is 0 Å². The van der Waals surface area contributed by atoms with Crippen molar-refractivity contribution >= 4 is 29.2 Å². The smallest absolute Gasteiger partial charge is 0.356 e. The van der Waals surface area contributed by atoms with E-state index in [2.05, 4.69) is 10.4 Å². The number of furan rings is 1. The number of carboxylic acids is 1. The molecule has 0 aliphatic carbocycles. The average molecular weight is 394 g/mol. The van der Waals surface area contributed by atoms with Gasteiger partial charge < -0.3 is 19.6 Å². The van der Waals surface area contributed by atoms with Crippen LogP contribution in [0.5, 0.6) is 5.75 Å². The molecule has 0 aliphatic rings. The molecule has 0 saturated carbocycles. The lowest BCUT2D eigenvalue weighted by Gasteiger charge is -2.06. The van der Waals surface area contributed by atoms with E-state index in [1.54, 1.807) is 0 Å². The van der Waals surface area contributed by atoms with Crippen molar-refractivity contribution in [3.63, 3.8) is 0 Å². The fourth-order valence-electron chi connectivity index (χ4n) is 2.29. The van der Waals surface area contributed by atoms with Crippen molar-refractivity contribution in [2.24, 2.45) is 7.05 Å². The van der Waals surface area contributed by atoms with Gasteiger partial charge in [-0.3, -0.25) is 9.48 Å². The van der Waals surface area contributed by atoms with Gasteiger partial charge in [-0.05, 0) is 30.3 Å². The first-order chi connectivity index (χ1) is 12.8. The largest absolute Gasteiger partial charge is 0.484 e. The number of hydrogen-bond donors (Lipinski definition) is 2. The van der Waals surface area contributed by atoms with E-state index >= 15 is 0 Å². The lowest BCUT2D eigenvalue weighted by molar-refractivity contribution is 0.0686. The van der Waals surface area contributed by atoms with Gasteiger partial charge in [0.1, 0.15) is 23.9 Å². The lowest BCUT2D eigenvalue weighted by Crippen LogP contribution is -2.15. The summed E-state index contributed by atoms with van der Waals surface area (Å²) >= 11 is 5.87. The Morgan fingerprint density at radius 1 is 1.37 bits per heavy atom. The Labute approximate surface area is 157 Å². The van der Waals surface area contributed by atoms with E-state index in [9.17, 15) is 14.0 Å². The first-order valence-corrected chi connectivity index (χ1v) is 7.96. The normalized spacial score (nSPS) is 10.6. The maximum atomic E-state index is 13.0. The minimum absolute atomic E-state index is 0.0358. The summed E-state index contributed by atoms with van der Waals surface area (Å²) in [6.07, 6.45) is 1.23. The number of aryl methyl sites for hydroxylation is 1. The van der Waals surface area contributed by atoms with Gasteiger partial charge in [-0.1, -0.05) is 11.6 Å². The predicted molar refractivity (Wildman–Crippen MR) is 92.6 cm³/mol. The quantitative estimate of drug-likeness (QED) is 0.665. The third-order valence-corrected chi connectivity index (χ3v) is 3.83. The minimum Gasteiger partial charge on any atom is -0.484 e. The molecule has 0 spiro atoms. The summed E-state index contributed by atoms with van der Waals surface area (Å²) in [7, 11) is 1.45. The van der Waals surface area contributed by atoms with E-state index in [4.69, 9.17) is 25.9 Å². The van der Waals surface area contributed by atoms with Gasteiger partial charge in [0.15, 0.2) is 11.5 Å². The predicted octanol–water partition coefficient (Wildman–Crippen LogP) is 3.34. The molecule has 0 atom stereocenters. The molecule has 3 rings (SSSR count). The van der Waals surface area contributed by atoms with Gasteiger partial charge in [-0.2, -0.15) is 5.10 Å². The van der Waals surface area contributed by atoms with Crippen LogP contribution in [0, 0.1) is 5.82 Å². The molecule has 27 heavy (non-hydrogen) atoms. The van der Waals surface area contributed by atoms with E-state index in [0.29, 0.717) is 5.76 Å². The highest BCUT2D eigenvalue weighted by molar-refractivity contribution is 6.32. The Kier molecular flexibility index (Phi) is 5.13. The zero-order valence-electron chi connectivity index (χ0n) is 13.9. The Hall–Kier alpha value is -3.33. The van der Waals surface area contributed by atoms with Crippen molar-refractivity contribution in [2.75, 3.05) is 5.32 Å². The van der Waals surface area contributed by atoms with E-state index < -0.39 is 17.7 Å². The molecule has 2 heterocycles. The molecule has 0 fully saturated rings. The van der Waals surface area contributed by atoms with E-state index in [0.717, 1.165) is 10.7 Å². The first-order valence-electron chi connectivity index (χ1n) is 7.58. The van der Waals surface area contributed by atoms with Gasteiger partial charge in [0.2, 0.25) is 0 Å². The fourth-order valence-corrected chi connectivity index (χ4v) is 2.51. The van der Waals surface area contributed by atoms with E-state index in [1.807, 2.05) is 0 Å². The van der Waals surface area contributed by atoms with E-state index in [-0.39, 0.29) is 34.5 Å². The molecule has 0 saturated heterocycles. The van der Waals surface area contributed by atoms with Crippen molar-refractivity contribution in [1.82, 2.24) is 9.78 Å². The topological polar surface area (TPSA) is 107 Å². The molecule has 0 aliphatic heterocycles. The van der Waals surface area contributed by atoms with Crippen molar-refractivity contribution in [2.45, 2.75) is 6.61 Å². The minimum atomic E-state index is -1.23. The molecule has 0 bridgehead atoms. The van der Waals surface area contributed by atoms with E-state index in [1.165, 1.54) is 37.5 Å². The van der Waals surface area contributed by atoms with Crippen LogP contribution in [0.2, 0.25) is 5.02 Å². The number of amides is 1. The van der Waals surface area contributed by atoms with Crippen LogP contribution in [0.25, 0.3) is 0 Å². The van der Waals surface area contributed by atoms with Crippen molar-refractivity contribution < 1.29 is 28.2 Å². The summed E-state index contributed by atoms with van der Waals surface area (Å²) in [4.78, 5) is 23.4. The molecular weight excluding hydrogens is 381 g/mol. The maximum absolute atomic E-state index is 13.0. The number of halogens is 2. The van der Waals surface area contributed by atoms with Gasteiger partial charge >= 0.3 is 5.97 Å². The second-order valence-corrected chi connectivity index (χ2v) is 5.83. The number of anilines is 1. The molecule has 3 aromatic rings. The first kappa shape index (κ1) is 18.5. The number of carbonyl (C=O) groups is 2. The fraction of sp³-hybridized carbons (Fsp3) is 0.118. The van der Waals surface area contributed by atoms with Gasteiger partial charge in [0.25, 0.3) is 5.91 Å². The summed E-state index contributed by atoms with van der Waals surface area (Å²) in [6.45, 7) is -0.0358. The van der Waals surface area contributed by atoms with Crippen LogP contribution in [0.1, 0.15) is 26.8 Å². The third kappa shape index (κ3) is 4.09. The SMILES string of the molecule is Cn1ncc(NC(=O)c2ccc(COc3ccc(F)cc3Cl)o2)c1C(=O)O. The molecule has 1 amide bonds. The molecule has 0 radical (unpaired) electrons. The average Bonchev–Trinajstić information content (AvgIpc) is 3.21. The molecule has 0 unspecified atom stereocenters. The number of nitrogens with zero attached hydrogens (tertiary/aromatic N) is 2. The van der Waals surface area contributed by atoms with Crippen LogP contribution in [-0.2, 0) is 13.7 Å². The number of carbonyl (C=O) groups excluding carboxylic acids is 1. The van der Waals surface area contributed by atoms with Crippen molar-refractivity contribution in [3.8, 4) is 5.75 Å². The summed E-state index contributed by atoms with van der Waals surface area (Å²) in [5.41, 5.74) is -0.119. The highest BCUT2D eigenvalue weighted by atomic mass is 35.5. The number of hydrogen-bond acceptors (Lipinski definition) is 5. The molecule has 8 nitrogen and oxygen atoms in total. The number of benzene rings is 1. The monoisotopic (exact) mass is 393 g/mol. The summed E-state index contributed by atoms with van der Waals surface area (Å²) in [6, 6.07) is 6.64. The van der Waals surface area contributed by atoms with Crippen LogP contribution in [0.15, 0.2) is 40.9 Å². The Bertz CT molecular complexity index is 1010. The number of ether oxygens (including phenoxy) is 1. The second kappa shape index (κ2) is 7.50. The summed E-state index contributed by atoms with van der Waals surface area (Å²) in [5.74, 6) is -1.81.